The maximum absolute atomic E-state index is 12.2. The summed E-state index contributed by atoms with van der Waals surface area (Å²) in [5, 5.41) is 7.82. The number of carbonyl (C=O) groups excluding carboxylic acids is 1. The van der Waals surface area contributed by atoms with Crippen LogP contribution in [0.25, 0.3) is 0 Å². The summed E-state index contributed by atoms with van der Waals surface area (Å²) in [6.07, 6.45) is 5.59. The van der Waals surface area contributed by atoms with Crippen molar-refractivity contribution in [3.63, 3.8) is 0 Å². The predicted octanol–water partition coefficient (Wildman–Crippen LogP) is 1.96. The summed E-state index contributed by atoms with van der Waals surface area (Å²) in [6, 6.07) is 7.55. The fourth-order valence-corrected chi connectivity index (χ4v) is 3.35. The molecule has 1 saturated heterocycles. The lowest BCUT2D eigenvalue weighted by atomic mass is 9.98. The second-order valence-corrected chi connectivity index (χ2v) is 6.70. The minimum Gasteiger partial charge on any atom is -0.351 e. The molecule has 1 fully saturated rings. The Bertz CT molecular complexity index is 661. The molecule has 3 rings (SSSR count). The summed E-state index contributed by atoms with van der Waals surface area (Å²) in [7, 11) is 0. The molecule has 128 valence electrons. The molecule has 0 unspecified atom stereocenters. The smallest absolute Gasteiger partial charge is 0.234 e. The van der Waals surface area contributed by atoms with Gasteiger partial charge in [0, 0.05) is 24.7 Å². The van der Waals surface area contributed by atoms with E-state index in [1.54, 1.807) is 12.7 Å². The first-order valence-corrected chi connectivity index (χ1v) is 8.63. The van der Waals surface area contributed by atoms with Crippen LogP contribution in [0.3, 0.4) is 0 Å². The van der Waals surface area contributed by atoms with Gasteiger partial charge in [-0.05, 0) is 43.0 Å². The van der Waals surface area contributed by atoms with Crippen LogP contribution >= 0.6 is 11.6 Å². The average molecular weight is 348 g/mol. The number of hydrogen-bond acceptors (Lipinski definition) is 4. The van der Waals surface area contributed by atoms with Crippen molar-refractivity contribution in [3.8, 4) is 0 Å². The third-order valence-electron chi connectivity index (χ3n) is 4.26. The average Bonchev–Trinajstić information content (AvgIpc) is 3.06. The Hall–Kier alpha value is -1.92. The molecule has 1 aromatic carbocycles. The SMILES string of the molecule is O=C(CN1CCC[C@H](Cn2cncn2)C1)NCc1cccc(Cl)c1. The number of hydrogen-bond donors (Lipinski definition) is 1. The molecule has 1 aromatic heterocycles. The molecule has 24 heavy (non-hydrogen) atoms. The van der Waals surface area contributed by atoms with Gasteiger partial charge in [-0.3, -0.25) is 14.4 Å². The number of piperidine rings is 1. The molecule has 0 aliphatic carbocycles. The number of aromatic nitrogens is 3. The highest BCUT2D eigenvalue weighted by atomic mass is 35.5. The number of amides is 1. The van der Waals surface area contributed by atoms with Crippen molar-refractivity contribution in [2.45, 2.75) is 25.9 Å². The van der Waals surface area contributed by atoms with E-state index in [0.29, 0.717) is 24.0 Å². The summed E-state index contributed by atoms with van der Waals surface area (Å²) in [6.45, 7) is 3.70. The lowest BCUT2D eigenvalue weighted by Crippen LogP contribution is -2.43. The van der Waals surface area contributed by atoms with Gasteiger partial charge in [0.15, 0.2) is 0 Å². The van der Waals surface area contributed by atoms with Gasteiger partial charge >= 0.3 is 0 Å². The van der Waals surface area contributed by atoms with Gasteiger partial charge in [0.05, 0.1) is 6.54 Å². The first-order valence-electron chi connectivity index (χ1n) is 8.25. The second-order valence-electron chi connectivity index (χ2n) is 6.27. The van der Waals surface area contributed by atoms with Crippen molar-refractivity contribution in [2.24, 2.45) is 5.92 Å². The lowest BCUT2D eigenvalue weighted by molar-refractivity contribution is -0.122. The molecular formula is C17H22ClN5O. The zero-order valence-electron chi connectivity index (χ0n) is 13.6. The number of likely N-dealkylation sites (tertiary alicyclic amines) is 1. The summed E-state index contributed by atoms with van der Waals surface area (Å²) in [5.41, 5.74) is 1.01. The molecule has 7 heteroatoms. The number of halogens is 1. The largest absolute Gasteiger partial charge is 0.351 e. The van der Waals surface area contributed by atoms with Gasteiger partial charge in [-0.1, -0.05) is 23.7 Å². The van der Waals surface area contributed by atoms with Crippen LogP contribution in [0.2, 0.25) is 5.02 Å². The third kappa shape index (κ3) is 5.04. The quantitative estimate of drug-likeness (QED) is 0.867. The second kappa shape index (κ2) is 8.26. The van der Waals surface area contributed by atoms with Crippen molar-refractivity contribution in [2.75, 3.05) is 19.6 Å². The van der Waals surface area contributed by atoms with Crippen LogP contribution in [0.15, 0.2) is 36.9 Å². The van der Waals surface area contributed by atoms with Gasteiger partial charge in [0.25, 0.3) is 0 Å². The van der Waals surface area contributed by atoms with Crippen LogP contribution in [-0.4, -0.2) is 45.2 Å². The van der Waals surface area contributed by atoms with Crippen LogP contribution in [0.1, 0.15) is 18.4 Å². The molecule has 2 heterocycles. The van der Waals surface area contributed by atoms with E-state index < -0.39 is 0 Å². The van der Waals surface area contributed by atoms with E-state index in [-0.39, 0.29) is 5.91 Å². The van der Waals surface area contributed by atoms with Crippen molar-refractivity contribution >= 4 is 17.5 Å². The van der Waals surface area contributed by atoms with E-state index in [2.05, 4.69) is 20.3 Å². The molecule has 0 spiro atoms. The van der Waals surface area contributed by atoms with Crippen molar-refractivity contribution in [1.29, 1.82) is 0 Å². The van der Waals surface area contributed by atoms with E-state index in [4.69, 9.17) is 11.6 Å². The van der Waals surface area contributed by atoms with Gasteiger partial charge in [-0.25, -0.2) is 4.98 Å². The van der Waals surface area contributed by atoms with Crippen molar-refractivity contribution < 1.29 is 4.79 Å². The first kappa shape index (κ1) is 16.9. The van der Waals surface area contributed by atoms with Crippen LogP contribution in [0, 0.1) is 5.92 Å². The standard InChI is InChI=1S/C17H22ClN5O/c18-16-5-1-3-14(7-16)8-20-17(24)11-22-6-2-4-15(9-22)10-23-13-19-12-21-23/h1,3,5,7,12-13,15H,2,4,6,8-11H2,(H,20,24)/t15-/m0/s1. The molecule has 0 radical (unpaired) electrons. The Morgan fingerprint density at radius 3 is 3.12 bits per heavy atom. The fraction of sp³-hybridized carbons (Fsp3) is 0.471. The molecule has 6 nitrogen and oxygen atoms in total. The molecule has 1 aliphatic heterocycles. The predicted molar refractivity (Wildman–Crippen MR) is 92.5 cm³/mol. The van der Waals surface area contributed by atoms with E-state index in [0.717, 1.165) is 31.6 Å². The molecule has 0 bridgehead atoms. The first-order chi connectivity index (χ1) is 11.7. The number of benzene rings is 1. The normalized spacial score (nSPS) is 18.5. The van der Waals surface area contributed by atoms with Gasteiger partial charge < -0.3 is 5.32 Å². The van der Waals surface area contributed by atoms with E-state index in [9.17, 15) is 4.79 Å². The topological polar surface area (TPSA) is 63.1 Å². The maximum Gasteiger partial charge on any atom is 0.234 e. The third-order valence-corrected chi connectivity index (χ3v) is 4.50. The highest BCUT2D eigenvalue weighted by Crippen LogP contribution is 2.17. The van der Waals surface area contributed by atoms with Gasteiger partial charge in [0.1, 0.15) is 12.7 Å². The van der Waals surface area contributed by atoms with Crippen molar-refractivity contribution in [1.82, 2.24) is 25.0 Å². The van der Waals surface area contributed by atoms with Gasteiger partial charge in [0.2, 0.25) is 5.91 Å². The molecular weight excluding hydrogens is 326 g/mol. The maximum atomic E-state index is 12.2. The minimum absolute atomic E-state index is 0.0522. The Kier molecular flexibility index (Phi) is 5.82. The van der Waals surface area contributed by atoms with Crippen molar-refractivity contribution in [3.05, 3.63) is 47.5 Å². The van der Waals surface area contributed by atoms with E-state index in [1.807, 2.05) is 28.9 Å². The van der Waals surface area contributed by atoms with Crippen LogP contribution in [-0.2, 0) is 17.9 Å². The van der Waals surface area contributed by atoms with Crippen LogP contribution in [0.4, 0.5) is 0 Å². The molecule has 1 amide bonds. The summed E-state index contributed by atoms with van der Waals surface area (Å²) in [4.78, 5) is 18.4. The fourth-order valence-electron chi connectivity index (χ4n) is 3.14. The zero-order chi connectivity index (χ0) is 16.8. The highest BCUT2D eigenvalue weighted by Gasteiger charge is 2.22. The Labute approximate surface area is 146 Å². The van der Waals surface area contributed by atoms with Gasteiger partial charge in [-0.15, -0.1) is 0 Å². The highest BCUT2D eigenvalue weighted by molar-refractivity contribution is 6.30. The number of nitrogens with one attached hydrogen (secondary N) is 1. The summed E-state index contributed by atoms with van der Waals surface area (Å²) in [5.74, 6) is 0.567. The summed E-state index contributed by atoms with van der Waals surface area (Å²) < 4.78 is 1.87. The number of nitrogens with zero attached hydrogens (tertiary/aromatic N) is 4. The molecule has 0 saturated carbocycles. The Morgan fingerprint density at radius 1 is 1.42 bits per heavy atom. The minimum atomic E-state index is 0.0522. The molecule has 1 N–H and O–H groups in total. The Morgan fingerprint density at radius 2 is 2.33 bits per heavy atom. The molecule has 2 aromatic rings. The lowest BCUT2D eigenvalue weighted by Gasteiger charge is -2.32. The van der Waals surface area contributed by atoms with Crippen LogP contribution in [0.5, 0.6) is 0 Å². The van der Waals surface area contributed by atoms with E-state index in [1.165, 1.54) is 6.42 Å². The van der Waals surface area contributed by atoms with E-state index >= 15 is 0 Å². The zero-order valence-corrected chi connectivity index (χ0v) is 14.3. The van der Waals surface area contributed by atoms with Gasteiger partial charge in [-0.2, -0.15) is 5.10 Å². The van der Waals surface area contributed by atoms with Crippen LogP contribution < -0.4 is 5.32 Å². The summed E-state index contributed by atoms with van der Waals surface area (Å²) >= 11 is 5.96. The number of carbonyl (C=O) groups is 1. The molecule has 1 aliphatic rings. The molecule has 1 atom stereocenters. The number of rotatable bonds is 6. The Balaban J connectivity index is 1.43. The monoisotopic (exact) mass is 347 g/mol.